The lowest BCUT2D eigenvalue weighted by molar-refractivity contribution is -0.156. The van der Waals surface area contributed by atoms with E-state index in [0.717, 1.165) is 13.0 Å². The van der Waals surface area contributed by atoms with Gasteiger partial charge in [0.25, 0.3) is 0 Å². The Kier molecular flexibility index (Phi) is 15.4. The molecule has 0 rings (SSSR count). The second-order valence-corrected chi connectivity index (χ2v) is 6.94. The molecule has 0 aliphatic carbocycles. The molecule has 0 bridgehead atoms. The number of unbranched alkanes of at least 4 members (excludes halogenated alkanes) is 5. The van der Waals surface area contributed by atoms with Crippen LogP contribution in [0.4, 0.5) is 0 Å². The van der Waals surface area contributed by atoms with Crippen LogP contribution in [0.25, 0.3) is 0 Å². The van der Waals surface area contributed by atoms with Gasteiger partial charge in [0.1, 0.15) is 5.60 Å². The van der Waals surface area contributed by atoms with Crippen LogP contribution in [0.2, 0.25) is 0 Å². The fraction of sp³-hybridized carbons (Fsp3) is 0.947. The fourth-order valence-electron chi connectivity index (χ4n) is 2.07. The van der Waals surface area contributed by atoms with E-state index in [4.69, 9.17) is 18.9 Å². The molecule has 144 valence electrons. The summed E-state index contributed by atoms with van der Waals surface area (Å²) < 4.78 is 21.5. The van der Waals surface area contributed by atoms with Crippen molar-refractivity contribution in [2.45, 2.75) is 78.2 Å². The maximum Gasteiger partial charge on any atom is 0.308 e. The molecule has 0 aliphatic heterocycles. The topological polar surface area (TPSA) is 54.0 Å². The maximum absolute atomic E-state index is 11.4. The van der Waals surface area contributed by atoms with Crippen LogP contribution in [-0.2, 0) is 23.7 Å². The standard InChI is InChI=1S/C19H38O5/c1-5-6-7-8-9-10-12-21-14-16-23-17-15-22-13-11-18(20)24-19(2,3)4/h5-17H2,1-4H3. The van der Waals surface area contributed by atoms with Gasteiger partial charge in [-0.1, -0.05) is 39.0 Å². The van der Waals surface area contributed by atoms with Crippen molar-refractivity contribution in [1.82, 2.24) is 0 Å². The van der Waals surface area contributed by atoms with Crippen LogP contribution in [0.3, 0.4) is 0 Å². The molecule has 0 saturated heterocycles. The van der Waals surface area contributed by atoms with E-state index in [2.05, 4.69) is 6.92 Å². The van der Waals surface area contributed by atoms with E-state index in [1.165, 1.54) is 32.1 Å². The highest BCUT2D eigenvalue weighted by molar-refractivity contribution is 5.69. The van der Waals surface area contributed by atoms with Gasteiger partial charge in [-0.05, 0) is 27.2 Å². The lowest BCUT2D eigenvalue weighted by Crippen LogP contribution is -2.24. The van der Waals surface area contributed by atoms with Gasteiger partial charge in [0.2, 0.25) is 0 Å². The Morgan fingerprint density at radius 1 is 0.708 bits per heavy atom. The van der Waals surface area contributed by atoms with E-state index in [0.29, 0.717) is 33.0 Å². The third-order valence-electron chi connectivity index (χ3n) is 3.26. The Bertz CT molecular complexity index is 286. The highest BCUT2D eigenvalue weighted by Crippen LogP contribution is 2.08. The SMILES string of the molecule is CCCCCCCCOCCOCCOCCC(=O)OC(C)(C)C. The highest BCUT2D eigenvalue weighted by Gasteiger charge is 2.15. The quantitative estimate of drug-likeness (QED) is 0.311. The largest absolute Gasteiger partial charge is 0.460 e. The molecule has 0 unspecified atom stereocenters. The summed E-state index contributed by atoms with van der Waals surface area (Å²) in [5.41, 5.74) is -0.435. The van der Waals surface area contributed by atoms with Crippen LogP contribution in [-0.4, -0.2) is 51.2 Å². The maximum atomic E-state index is 11.4. The minimum atomic E-state index is -0.435. The molecule has 0 atom stereocenters. The first-order chi connectivity index (χ1) is 11.5. The van der Waals surface area contributed by atoms with Crippen molar-refractivity contribution in [1.29, 1.82) is 0 Å². The van der Waals surface area contributed by atoms with Gasteiger partial charge in [0.05, 0.1) is 39.5 Å². The van der Waals surface area contributed by atoms with Crippen LogP contribution in [0.1, 0.15) is 72.6 Å². The average molecular weight is 347 g/mol. The minimum absolute atomic E-state index is 0.230. The lowest BCUT2D eigenvalue weighted by Gasteiger charge is -2.19. The normalized spacial score (nSPS) is 11.7. The molecule has 0 aromatic heterocycles. The molecule has 0 saturated carbocycles. The second kappa shape index (κ2) is 15.9. The van der Waals surface area contributed by atoms with E-state index < -0.39 is 5.60 Å². The predicted octanol–water partition coefficient (Wildman–Crippen LogP) is 4.13. The molecule has 0 aromatic rings. The summed E-state index contributed by atoms with van der Waals surface area (Å²) in [5.74, 6) is -0.230. The zero-order chi connectivity index (χ0) is 18.1. The molecule has 0 N–H and O–H groups in total. The van der Waals surface area contributed by atoms with Gasteiger partial charge in [-0.3, -0.25) is 4.79 Å². The summed E-state index contributed by atoms with van der Waals surface area (Å²) in [6.45, 7) is 11.2. The summed E-state index contributed by atoms with van der Waals surface area (Å²) in [6.07, 6.45) is 7.96. The Morgan fingerprint density at radius 3 is 1.79 bits per heavy atom. The molecule has 0 heterocycles. The summed E-state index contributed by atoms with van der Waals surface area (Å²) in [5, 5.41) is 0. The molecule has 0 aromatic carbocycles. The van der Waals surface area contributed by atoms with Crippen molar-refractivity contribution < 1.29 is 23.7 Å². The Hall–Kier alpha value is -0.650. The van der Waals surface area contributed by atoms with Gasteiger partial charge in [0.15, 0.2) is 0 Å². The highest BCUT2D eigenvalue weighted by atomic mass is 16.6. The van der Waals surface area contributed by atoms with Gasteiger partial charge < -0.3 is 18.9 Å². The first-order valence-corrected chi connectivity index (χ1v) is 9.41. The molecule has 0 amide bonds. The zero-order valence-corrected chi connectivity index (χ0v) is 16.2. The first kappa shape index (κ1) is 23.4. The third kappa shape index (κ3) is 19.4. The smallest absolute Gasteiger partial charge is 0.308 e. The predicted molar refractivity (Wildman–Crippen MR) is 96.3 cm³/mol. The van der Waals surface area contributed by atoms with Crippen molar-refractivity contribution in [2.24, 2.45) is 0 Å². The lowest BCUT2D eigenvalue weighted by atomic mass is 10.1. The summed E-state index contributed by atoms with van der Waals surface area (Å²) in [7, 11) is 0. The molecule has 0 spiro atoms. The van der Waals surface area contributed by atoms with E-state index >= 15 is 0 Å². The molecule has 0 radical (unpaired) electrons. The van der Waals surface area contributed by atoms with Gasteiger partial charge in [-0.25, -0.2) is 0 Å². The second-order valence-electron chi connectivity index (χ2n) is 6.94. The van der Waals surface area contributed by atoms with Gasteiger partial charge >= 0.3 is 5.97 Å². The third-order valence-corrected chi connectivity index (χ3v) is 3.26. The van der Waals surface area contributed by atoms with Crippen LogP contribution < -0.4 is 0 Å². The van der Waals surface area contributed by atoms with E-state index in [-0.39, 0.29) is 12.4 Å². The number of rotatable bonds is 16. The molecule has 0 aliphatic rings. The molecule has 5 nitrogen and oxygen atoms in total. The first-order valence-electron chi connectivity index (χ1n) is 9.41. The summed E-state index contributed by atoms with van der Waals surface area (Å²) in [6, 6.07) is 0. The monoisotopic (exact) mass is 346 g/mol. The van der Waals surface area contributed by atoms with E-state index in [1.807, 2.05) is 20.8 Å². The Labute approximate surface area is 148 Å². The van der Waals surface area contributed by atoms with Crippen molar-refractivity contribution in [3.63, 3.8) is 0 Å². The Balaban J connectivity index is 3.14. The van der Waals surface area contributed by atoms with E-state index in [1.54, 1.807) is 0 Å². The van der Waals surface area contributed by atoms with Crippen molar-refractivity contribution >= 4 is 5.97 Å². The number of carbonyl (C=O) groups excluding carboxylic acids is 1. The van der Waals surface area contributed by atoms with Crippen LogP contribution in [0.15, 0.2) is 0 Å². The van der Waals surface area contributed by atoms with Crippen LogP contribution >= 0.6 is 0 Å². The van der Waals surface area contributed by atoms with Gasteiger partial charge in [-0.2, -0.15) is 0 Å². The molecule has 0 fully saturated rings. The molecule has 24 heavy (non-hydrogen) atoms. The molecular weight excluding hydrogens is 308 g/mol. The van der Waals surface area contributed by atoms with Crippen LogP contribution in [0, 0.1) is 0 Å². The molecule has 5 heteroatoms. The number of carbonyl (C=O) groups is 1. The summed E-state index contributed by atoms with van der Waals surface area (Å²) in [4.78, 5) is 11.4. The Morgan fingerprint density at radius 2 is 1.21 bits per heavy atom. The minimum Gasteiger partial charge on any atom is -0.460 e. The van der Waals surface area contributed by atoms with Crippen LogP contribution in [0.5, 0.6) is 0 Å². The summed E-state index contributed by atoms with van der Waals surface area (Å²) >= 11 is 0. The number of hydrogen-bond acceptors (Lipinski definition) is 5. The van der Waals surface area contributed by atoms with Gasteiger partial charge in [0, 0.05) is 6.61 Å². The van der Waals surface area contributed by atoms with E-state index in [9.17, 15) is 4.79 Å². The van der Waals surface area contributed by atoms with Crippen molar-refractivity contribution in [2.75, 3.05) is 39.6 Å². The van der Waals surface area contributed by atoms with Gasteiger partial charge in [-0.15, -0.1) is 0 Å². The molecular formula is C19H38O5. The number of hydrogen-bond donors (Lipinski definition) is 0. The zero-order valence-electron chi connectivity index (χ0n) is 16.2. The fourth-order valence-corrected chi connectivity index (χ4v) is 2.07. The van der Waals surface area contributed by atoms with Crippen molar-refractivity contribution in [3.05, 3.63) is 0 Å². The van der Waals surface area contributed by atoms with Crippen molar-refractivity contribution in [3.8, 4) is 0 Å². The number of esters is 1. The number of ether oxygens (including phenoxy) is 4. The average Bonchev–Trinajstić information content (AvgIpc) is 2.49.